The van der Waals surface area contributed by atoms with Crippen molar-refractivity contribution in [1.82, 2.24) is 15.1 Å². The lowest BCUT2D eigenvalue weighted by Crippen LogP contribution is -2.44. The zero-order chi connectivity index (χ0) is 19.2. The van der Waals surface area contributed by atoms with Crippen molar-refractivity contribution in [2.75, 3.05) is 33.7 Å². The zero-order valence-electron chi connectivity index (χ0n) is 15.9. The summed E-state index contributed by atoms with van der Waals surface area (Å²) in [5, 5.41) is 3.10. The fraction of sp³-hybridized carbons (Fsp3) is 0.429. The maximum absolute atomic E-state index is 12.6. The number of hydrogen-bond acceptors (Lipinski definition) is 4. The van der Waals surface area contributed by atoms with Crippen LogP contribution < -0.4 is 5.32 Å². The number of hydrogen-bond donors (Lipinski definition) is 1. The number of benzene rings is 1. The Labute approximate surface area is 160 Å². The fourth-order valence-electron chi connectivity index (χ4n) is 3.52. The average Bonchev–Trinajstić information content (AvgIpc) is 3.23. The molecule has 144 valence electrons. The van der Waals surface area contributed by atoms with Gasteiger partial charge in [0.2, 0.25) is 5.91 Å². The molecule has 1 atom stereocenters. The minimum Gasteiger partial charge on any atom is -0.459 e. The van der Waals surface area contributed by atoms with Gasteiger partial charge in [0.15, 0.2) is 5.76 Å². The molecule has 1 N–H and O–H groups in total. The van der Waals surface area contributed by atoms with Crippen LogP contribution in [0.15, 0.2) is 53.1 Å². The van der Waals surface area contributed by atoms with Crippen LogP contribution in [-0.2, 0) is 4.79 Å². The molecule has 0 bridgehead atoms. The highest BCUT2D eigenvalue weighted by molar-refractivity contribution is 5.91. The first-order chi connectivity index (χ1) is 13.1. The normalized spacial score (nSPS) is 16.3. The second-order valence-corrected chi connectivity index (χ2v) is 7.18. The Morgan fingerprint density at radius 1 is 1.15 bits per heavy atom. The van der Waals surface area contributed by atoms with Crippen molar-refractivity contribution in [2.24, 2.45) is 5.92 Å². The van der Waals surface area contributed by atoms with Gasteiger partial charge in [-0.2, -0.15) is 0 Å². The Kier molecular flexibility index (Phi) is 6.29. The third-order valence-corrected chi connectivity index (χ3v) is 5.16. The van der Waals surface area contributed by atoms with E-state index in [-0.39, 0.29) is 23.8 Å². The van der Waals surface area contributed by atoms with Gasteiger partial charge in [0.25, 0.3) is 5.91 Å². The van der Waals surface area contributed by atoms with Gasteiger partial charge in [-0.05, 0) is 44.6 Å². The van der Waals surface area contributed by atoms with Gasteiger partial charge >= 0.3 is 0 Å². The van der Waals surface area contributed by atoms with Gasteiger partial charge < -0.3 is 19.5 Å². The SMILES string of the molecule is CN(C)C(CNC(=O)C1CCN(C(=O)c2ccco2)CC1)c1ccccc1. The van der Waals surface area contributed by atoms with E-state index in [2.05, 4.69) is 22.3 Å². The molecular weight excluding hydrogens is 342 g/mol. The van der Waals surface area contributed by atoms with E-state index in [1.165, 1.54) is 11.8 Å². The molecule has 1 unspecified atom stereocenters. The number of amides is 2. The lowest BCUT2D eigenvalue weighted by molar-refractivity contribution is -0.126. The summed E-state index contributed by atoms with van der Waals surface area (Å²) in [7, 11) is 4.03. The van der Waals surface area contributed by atoms with Crippen LogP contribution in [0.1, 0.15) is 35.0 Å². The summed E-state index contributed by atoms with van der Waals surface area (Å²) in [4.78, 5) is 28.8. The Hall–Kier alpha value is -2.60. The summed E-state index contributed by atoms with van der Waals surface area (Å²) < 4.78 is 5.18. The zero-order valence-corrected chi connectivity index (χ0v) is 15.9. The minimum atomic E-state index is -0.101. The number of nitrogens with one attached hydrogen (secondary N) is 1. The van der Waals surface area contributed by atoms with Crippen LogP contribution in [0.5, 0.6) is 0 Å². The molecule has 0 radical (unpaired) electrons. The summed E-state index contributed by atoms with van der Waals surface area (Å²) in [5.41, 5.74) is 1.18. The second-order valence-electron chi connectivity index (χ2n) is 7.18. The Morgan fingerprint density at radius 3 is 2.44 bits per heavy atom. The molecule has 6 nitrogen and oxygen atoms in total. The topological polar surface area (TPSA) is 65.8 Å². The fourth-order valence-corrected chi connectivity index (χ4v) is 3.52. The van der Waals surface area contributed by atoms with Crippen molar-refractivity contribution in [3.8, 4) is 0 Å². The first-order valence-corrected chi connectivity index (χ1v) is 9.38. The van der Waals surface area contributed by atoms with Gasteiger partial charge in [-0.1, -0.05) is 30.3 Å². The molecule has 1 saturated heterocycles. The van der Waals surface area contributed by atoms with E-state index >= 15 is 0 Å². The summed E-state index contributed by atoms with van der Waals surface area (Å²) >= 11 is 0. The maximum Gasteiger partial charge on any atom is 0.289 e. The molecular formula is C21H27N3O3. The van der Waals surface area contributed by atoms with Crippen molar-refractivity contribution >= 4 is 11.8 Å². The molecule has 0 aliphatic carbocycles. The molecule has 1 aliphatic rings. The number of likely N-dealkylation sites (N-methyl/N-ethyl adjacent to an activating group) is 1. The predicted octanol–water partition coefficient (Wildman–Crippen LogP) is 2.55. The van der Waals surface area contributed by atoms with Gasteiger partial charge in [-0.15, -0.1) is 0 Å². The van der Waals surface area contributed by atoms with E-state index in [1.807, 2.05) is 32.3 Å². The van der Waals surface area contributed by atoms with E-state index < -0.39 is 0 Å². The largest absolute Gasteiger partial charge is 0.459 e. The van der Waals surface area contributed by atoms with Gasteiger partial charge in [0.1, 0.15) is 0 Å². The Balaban J connectivity index is 1.50. The van der Waals surface area contributed by atoms with E-state index in [0.29, 0.717) is 38.2 Å². The van der Waals surface area contributed by atoms with E-state index in [4.69, 9.17) is 4.42 Å². The van der Waals surface area contributed by atoms with Crippen molar-refractivity contribution in [1.29, 1.82) is 0 Å². The first-order valence-electron chi connectivity index (χ1n) is 9.38. The van der Waals surface area contributed by atoms with Crippen LogP contribution in [0.2, 0.25) is 0 Å². The van der Waals surface area contributed by atoms with Crippen molar-refractivity contribution in [3.63, 3.8) is 0 Å². The second kappa shape index (κ2) is 8.86. The van der Waals surface area contributed by atoms with E-state index in [0.717, 1.165) is 0 Å². The third kappa shape index (κ3) is 4.77. The number of piperidine rings is 1. The van der Waals surface area contributed by atoms with Crippen LogP contribution in [0.4, 0.5) is 0 Å². The molecule has 1 fully saturated rings. The van der Waals surface area contributed by atoms with E-state index in [9.17, 15) is 9.59 Å². The highest BCUT2D eigenvalue weighted by Crippen LogP contribution is 2.21. The minimum absolute atomic E-state index is 0.0516. The molecule has 0 saturated carbocycles. The molecule has 27 heavy (non-hydrogen) atoms. The quantitative estimate of drug-likeness (QED) is 0.850. The predicted molar refractivity (Wildman–Crippen MR) is 103 cm³/mol. The third-order valence-electron chi connectivity index (χ3n) is 5.16. The molecule has 2 aromatic rings. The number of nitrogens with zero attached hydrogens (tertiary/aromatic N) is 2. The molecule has 2 amide bonds. The van der Waals surface area contributed by atoms with Crippen LogP contribution in [-0.4, -0.2) is 55.3 Å². The van der Waals surface area contributed by atoms with E-state index in [1.54, 1.807) is 17.0 Å². The molecule has 6 heteroatoms. The van der Waals surface area contributed by atoms with Gasteiger partial charge in [-0.25, -0.2) is 0 Å². The highest BCUT2D eigenvalue weighted by atomic mass is 16.3. The number of carbonyl (C=O) groups excluding carboxylic acids is 2. The van der Waals surface area contributed by atoms with Crippen LogP contribution >= 0.6 is 0 Å². The van der Waals surface area contributed by atoms with Crippen LogP contribution in [0.3, 0.4) is 0 Å². The standard InChI is InChI=1S/C21H27N3O3/c1-23(2)18(16-7-4-3-5-8-16)15-22-20(25)17-10-12-24(13-11-17)21(26)19-9-6-14-27-19/h3-9,14,17-18H,10-13,15H2,1-2H3,(H,22,25). The molecule has 1 aromatic carbocycles. The number of carbonyl (C=O) groups is 2. The van der Waals surface area contributed by atoms with Crippen LogP contribution in [0.25, 0.3) is 0 Å². The van der Waals surface area contributed by atoms with Crippen LogP contribution in [0, 0.1) is 5.92 Å². The Morgan fingerprint density at radius 2 is 1.85 bits per heavy atom. The van der Waals surface area contributed by atoms with Crippen molar-refractivity contribution < 1.29 is 14.0 Å². The summed E-state index contributed by atoms with van der Waals surface area (Å²) in [5.74, 6) is 0.275. The maximum atomic E-state index is 12.6. The average molecular weight is 369 g/mol. The summed E-state index contributed by atoms with van der Waals surface area (Å²) in [6.45, 7) is 1.72. The summed E-state index contributed by atoms with van der Waals surface area (Å²) in [6, 6.07) is 13.7. The lowest BCUT2D eigenvalue weighted by Gasteiger charge is -2.31. The van der Waals surface area contributed by atoms with Gasteiger partial charge in [-0.3, -0.25) is 9.59 Å². The molecule has 2 heterocycles. The number of rotatable bonds is 6. The van der Waals surface area contributed by atoms with Gasteiger partial charge in [0.05, 0.1) is 12.3 Å². The highest BCUT2D eigenvalue weighted by Gasteiger charge is 2.29. The van der Waals surface area contributed by atoms with Crippen molar-refractivity contribution in [3.05, 3.63) is 60.1 Å². The first kappa shape index (κ1) is 19.2. The molecule has 1 aromatic heterocycles. The van der Waals surface area contributed by atoms with Crippen molar-refractivity contribution in [2.45, 2.75) is 18.9 Å². The summed E-state index contributed by atoms with van der Waals surface area (Å²) in [6.07, 6.45) is 2.85. The number of likely N-dealkylation sites (tertiary alicyclic amines) is 1. The van der Waals surface area contributed by atoms with Gasteiger partial charge in [0, 0.05) is 25.6 Å². The molecule has 0 spiro atoms. The smallest absolute Gasteiger partial charge is 0.289 e. The lowest BCUT2D eigenvalue weighted by atomic mass is 9.95. The number of furan rings is 1. The molecule has 1 aliphatic heterocycles. The molecule has 3 rings (SSSR count). The monoisotopic (exact) mass is 369 g/mol. The Bertz CT molecular complexity index is 735.